The van der Waals surface area contributed by atoms with Crippen LogP contribution in [-0.2, 0) is 0 Å². The van der Waals surface area contributed by atoms with Crippen molar-refractivity contribution in [2.45, 2.75) is 64.5 Å². The molecule has 4 heteroatoms. The fourth-order valence-corrected chi connectivity index (χ4v) is 4.41. The van der Waals surface area contributed by atoms with Gasteiger partial charge < -0.3 is 15.1 Å². The van der Waals surface area contributed by atoms with Crippen molar-refractivity contribution in [3.63, 3.8) is 0 Å². The van der Waals surface area contributed by atoms with Gasteiger partial charge in [-0.3, -0.25) is 0 Å². The maximum Gasteiger partial charge on any atom is 0.173 e. The zero-order chi connectivity index (χ0) is 17.1. The molecule has 1 aliphatic heterocycles. The molecule has 2 fully saturated rings. The first-order valence-corrected chi connectivity index (χ1v) is 9.80. The summed E-state index contributed by atoms with van der Waals surface area (Å²) in [5, 5.41) is 4.30. The summed E-state index contributed by atoms with van der Waals surface area (Å²) in [7, 11) is 2.34. The van der Waals surface area contributed by atoms with E-state index in [2.05, 4.69) is 54.2 Å². The molecule has 0 atom stereocenters. The standard InChI is InChI=1S/C20H31N3S/c1-15-8-9-17(14-16(15)2)21-20(24)23-12-10-19(11-13-23)22(3)18-6-4-5-7-18/h8-9,14,18-19H,4-7,10-13H2,1-3H3,(H,21,24). The van der Waals surface area contributed by atoms with Gasteiger partial charge in [0.25, 0.3) is 0 Å². The molecule has 0 unspecified atom stereocenters. The molecule has 1 aromatic rings. The van der Waals surface area contributed by atoms with E-state index in [0.717, 1.165) is 36.0 Å². The van der Waals surface area contributed by atoms with Crippen LogP contribution in [0, 0.1) is 13.8 Å². The Kier molecular flexibility index (Phi) is 5.77. The normalized spacial score (nSPS) is 19.9. The first-order valence-electron chi connectivity index (χ1n) is 9.39. The highest BCUT2D eigenvalue weighted by Gasteiger charge is 2.29. The van der Waals surface area contributed by atoms with Gasteiger partial charge in [0, 0.05) is 30.9 Å². The molecule has 1 aromatic carbocycles. The summed E-state index contributed by atoms with van der Waals surface area (Å²) in [6, 6.07) is 8.01. The highest BCUT2D eigenvalue weighted by molar-refractivity contribution is 7.80. The summed E-state index contributed by atoms with van der Waals surface area (Å²) in [5.74, 6) is 0. The number of benzene rings is 1. The van der Waals surface area contributed by atoms with Crippen molar-refractivity contribution in [3.05, 3.63) is 29.3 Å². The summed E-state index contributed by atoms with van der Waals surface area (Å²) in [5.41, 5.74) is 3.73. The van der Waals surface area contributed by atoms with Crippen LogP contribution in [0.1, 0.15) is 49.7 Å². The number of anilines is 1. The Morgan fingerprint density at radius 3 is 2.29 bits per heavy atom. The molecular formula is C20H31N3S. The SMILES string of the molecule is Cc1ccc(NC(=S)N2CCC(N(C)C3CCCC3)CC2)cc1C. The lowest BCUT2D eigenvalue weighted by molar-refractivity contribution is 0.122. The largest absolute Gasteiger partial charge is 0.349 e. The minimum Gasteiger partial charge on any atom is -0.349 e. The van der Waals surface area contributed by atoms with Gasteiger partial charge in [0.15, 0.2) is 5.11 Å². The van der Waals surface area contributed by atoms with E-state index in [1.54, 1.807) is 0 Å². The van der Waals surface area contributed by atoms with Crippen molar-refractivity contribution >= 4 is 23.0 Å². The number of hydrogen-bond donors (Lipinski definition) is 1. The summed E-state index contributed by atoms with van der Waals surface area (Å²) in [4.78, 5) is 4.99. The zero-order valence-electron chi connectivity index (χ0n) is 15.3. The van der Waals surface area contributed by atoms with Crippen molar-refractivity contribution in [1.29, 1.82) is 0 Å². The molecule has 1 N–H and O–H groups in total. The molecule has 132 valence electrons. The van der Waals surface area contributed by atoms with Crippen molar-refractivity contribution < 1.29 is 0 Å². The minimum atomic E-state index is 0.730. The summed E-state index contributed by atoms with van der Waals surface area (Å²) in [6.07, 6.45) is 8.06. The lowest BCUT2D eigenvalue weighted by atomic mass is 10.0. The second kappa shape index (κ2) is 7.83. The predicted molar refractivity (Wildman–Crippen MR) is 107 cm³/mol. The van der Waals surface area contributed by atoms with E-state index >= 15 is 0 Å². The molecule has 0 aromatic heterocycles. The Labute approximate surface area is 152 Å². The highest BCUT2D eigenvalue weighted by atomic mass is 32.1. The second-order valence-electron chi connectivity index (χ2n) is 7.55. The predicted octanol–water partition coefficient (Wildman–Crippen LogP) is 4.34. The van der Waals surface area contributed by atoms with Crippen LogP contribution in [0.4, 0.5) is 5.69 Å². The van der Waals surface area contributed by atoms with Crippen molar-refractivity contribution in [2.24, 2.45) is 0 Å². The monoisotopic (exact) mass is 345 g/mol. The number of thiocarbonyl (C=S) groups is 1. The smallest absolute Gasteiger partial charge is 0.173 e. The lowest BCUT2D eigenvalue weighted by Crippen LogP contribution is -2.48. The number of nitrogens with zero attached hydrogens (tertiary/aromatic N) is 2. The Morgan fingerprint density at radius 2 is 1.67 bits per heavy atom. The molecule has 1 saturated carbocycles. The quantitative estimate of drug-likeness (QED) is 0.821. The van der Waals surface area contributed by atoms with Crippen molar-refractivity contribution in [3.8, 4) is 0 Å². The number of nitrogens with one attached hydrogen (secondary N) is 1. The van der Waals surface area contributed by atoms with Crippen LogP contribution >= 0.6 is 12.2 Å². The maximum atomic E-state index is 5.64. The van der Waals surface area contributed by atoms with Gasteiger partial charge in [-0.25, -0.2) is 0 Å². The molecule has 2 aliphatic rings. The third-order valence-electron chi connectivity index (χ3n) is 5.99. The fourth-order valence-electron chi connectivity index (χ4n) is 4.11. The van der Waals surface area contributed by atoms with E-state index in [1.165, 1.54) is 49.7 Å². The summed E-state index contributed by atoms with van der Waals surface area (Å²) < 4.78 is 0. The Hall–Kier alpha value is -1.13. The van der Waals surface area contributed by atoms with Gasteiger partial charge in [-0.05, 0) is 82.1 Å². The van der Waals surface area contributed by atoms with Gasteiger partial charge in [-0.2, -0.15) is 0 Å². The number of hydrogen-bond acceptors (Lipinski definition) is 2. The summed E-state index contributed by atoms with van der Waals surface area (Å²) >= 11 is 5.64. The molecular weight excluding hydrogens is 314 g/mol. The van der Waals surface area contributed by atoms with Crippen LogP contribution in [0.3, 0.4) is 0 Å². The highest BCUT2D eigenvalue weighted by Crippen LogP contribution is 2.27. The van der Waals surface area contributed by atoms with Gasteiger partial charge in [0.1, 0.15) is 0 Å². The number of aryl methyl sites for hydroxylation is 2. The molecule has 0 radical (unpaired) electrons. The average molecular weight is 346 g/mol. The first-order chi connectivity index (χ1) is 11.5. The van der Waals surface area contributed by atoms with Gasteiger partial charge in [-0.15, -0.1) is 0 Å². The van der Waals surface area contributed by atoms with E-state index in [1.807, 2.05) is 0 Å². The van der Waals surface area contributed by atoms with E-state index < -0.39 is 0 Å². The number of rotatable bonds is 3. The summed E-state index contributed by atoms with van der Waals surface area (Å²) in [6.45, 7) is 6.42. The maximum absolute atomic E-state index is 5.64. The first kappa shape index (κ1) is 17.7. The third kappa shape index (κ3) is 4.09. The molecule has 1 heterocycles. The van der Waals surface area contributed by atoms with Gasteiger partial charge in [0.2, 0.25) is 0 Å². The lowest BCUT2D eigenvalue weighted by Gasteiger charge is -2.40. The Bertz CT molecular complexity index is 572. The fraction of sp³-hybridized carbons (Fsp3) is 0.650. The van der Waals surface area contributed by atoms with Crippen LogP contribution < -0.4 is 5.32 Å². The number of piperidine rings is 1. The van der Waals surface area contributed by atoms with Crippen LogP contribution in [0.15, 0.2) is 18.2 Å². The number of likely N-dealkylation sites (tertiary alicyclic amines) is 1. The van der Waals surface area contributed by atoms with Crippen LogP contribution in [-0.4, -0.2) is 47.1 Å². The van der Waals surface area contributed by atoms with Crippen LogP contribution in [0.25, 0.3) is 0 Å². The average Bonchev–Trinajstić information content (AvgIpc) is 3.12. The van der Waals surface area contributed by atoms with Crippen molar-refractivity contribution in [2.75, 3.05) is 25.5 Å². The zero-order valence-corrected chi connectivity index (χ0v) is 16.2. The van der Waals surface area contributed by atoms with Gasteiger partial charge in [0.05, 0.1) is 0 Å². The molecule has 0 spiro atoms. The van der Waals surface area contributed by atoms with E-state index in [0.29, 0.717) is 0 Å². The molecule has 1 aliphatic carbocycles. The van der Waals surface area contributed by atoms with E-state index in [9.17, 15) is 0 Å². The van der Waals surface area contributed by atoms with Crippen molar-refractivity contribution in [1.82, 2.24) is 9.80 Å². The van der Waals surface area contributed by atoms with Gasteiger partial charge in [-0.1, -0.05) is 18.9 Å². The molecule has 1 saturated heterocycles. The van der Waals surface area contributed by atoms with Crippen LogP contribution in [0.5, 0.6) is 0 Å². The molecule has 0 amide bonds. The topological polar surface area (TPSA) is 18.5 Å². The van der Waals surface area contributed by atoms with E-state index in [-0.39, 0.29) is 0 Å². The van der Waals surface area contributed by atoms with E-state index in [4.69, 9.17) is 12.2 Å². The Balaban J connectivity index is 1.50. The molecule has 3 nitrogen and oxygen atoms in total. The molecule has 24 heavy (non-hydrogen) atoms. The third-order valence-corrected chi connectivity index (χ3v) is 6.35. The van der Waals surface area contributed by atoms with Gasteiger partial charge >= 0.3 is 0 Å². The molecule has 3 rings (SSSR count). The molecule has 0 bridgehead atoms. The van der Waals surface area contributed by atoms with Crippen LogP contribution in [0.2, 0.25) is 0 Å². The minimum absolute atomic E-state index is 0.730. The second-order valence-corrected chi connectivity index (χ2v) is 7.94. The Morgan fingerprint density at radius 1 is 1.04 bits per heavy atom.